The summed E-state index contributed by atoms with van der Waals surface area (Å²) in [6.45, 7) is 1.90. The van der Waals surface area contributed by atoms with Crippen molar-refractivity contribution in [2.45, 2.75) is 57.1 Å². The molecule has 2 unspecified atom stereocenters. The van der Waals surface area contributed by atoms with Crippen molar-refractivity contribution >= 4 is 0 Å². The first-order chi connectivity index (χ1) is 10.6. The molecular formula is C15H16F6O2. The van der Waals surface area contributed by atoms with Gasteiger partial charge in [0, 0.05) is 6.07 Å². The van der Waals surface area contributed by atoms with E-state index in [9.17, 15) is 26.3 Å². The Balaban J connectivity index is 2.07. The highest BCUT2D eigenvalue weighted by molar-refractivity contribution is 5.30. The second kappa shape index (κ2) is 6.59. The number of ether oxygens (including phenoxy) is 2. The molecule has 0 saturated carbocycles. The van der Waals surface area contributed by atoms with E-state index in [1.165, 1.54) is 0 Å². The van der Waals surface area contributed by atoms with Gasteiger partial charge in [-0.15, -0.1) is 0 Å². The summed E-state index contributed by atoms with van der Waals surface area (Å²) >= 11 is 0. The van der Waals surface area contributed by atoms with E-state index >= 15 is 0 Å². The van der Waals surface area contributed by atoms with Crippen LogP contribution < -0.4 is 4.74 Å². The number of halogens is 6. The van der Waals surface area contributed by atoms with Crippen molar-refractivity contribution in [2.75, 3.05) is 0 Å². The van der Waals surface area contributed by atoms with Gasteiger partial charge in [-0.1, -0.05) is 13.3 Å². The molecular weight excluding hydrogens is 326 g/mol. The molecule has 2 atom stereocenters. The second-order valence-electron chi connectivity index (χ2n) is 5.42. The van der Waals surface area contributed by atoms with E-state index in [4.69, 9.17) is 4.74 Å². The van der Waals surface area contributed by atoms with E-state index < -0.39 is 35.5 Å². The number of alkyl halides is 5. The number of rotatable bonds is 5. The average molecular weight is 342 g/mol. The van der Waals surface area contributed by atoms with Crippen molar-refractivity contribution in [2.24, 2.45) is 0 Å². The molecule has 130 valence electrons. The first kappa shape index (κ1) is 17.9. The molecule has 23 heavy (non-hydrogen) atoms. The summed E-state index contributed by atoms with van der Waals surface area (Å²) in [7, 11) is 0. The molecule has 0 bridgehead atoms. The Morgan fingerprint density at radius 3 is 2.43 bits per heavy atom. The summed E-state index contributed by atoms with van der Waals surface area (Å²) in [5.74, 6) is -2.34. The lowest BCUT2D eigenvalue weighted by Gasteiger charge is -2.24. The van der Waals surface area contributed by atoms with Crippen molar-refractivity contribution in [1.29, 1.82) is 0 Å². The maximum Gasteiger partial charge on any atom is 0.424 e. The number of hydrogen-bond acceptors (Lipinski definition) is 2. The van der Waals surface area contributed by atoms with E-state index in [0.29, 0.717) is 31.0 Å². The molecule has 2 rings (SSSR count). The molecule has 0 amide bonds. The molecule has 0 N–H and O–H groups in total. The predicted molar refractivity (Wildman–Crippen MR) is 69.8 cm³/mol. The Labute approximate surface area is 129 Å². The molecule has 0 radical (unpaired) electrons. The highest BCUT2D eigenvalue weighted by Crippen LogP contribution is 2.37. The van der Waals surface area contributed by atoms with Crippen molar-refractivity contribution in [1.82, 2.24) is 0 Å². The fourth-order valence-electron chi connectivity index (χ4n) is 2.50. The Hall–Kier alpha value is -1.44. The minimum absolute atomic E-state index is 0.0702. The zero-order valence-electron chi connectivity index (χ0n) is 12.3. The maximum atomic E-state index is 14.0. The normalized spacial score (nSPS) is 22.4. The standard InChI is InChI=1S/C15H16F6O2/c1-2-3-9-5-7-13(22-9)15(20,21)23-10-4-6-11(12(16)8-10)14(17,18)19/h4,6,8-9,13H,2-3,5,7H2,1H3. The van der Waals surface area contributed by atoms with Crippen molar-refractivity contribution in [3.8, 4) is 5.75 Å². The fourth-order valence-corrected chi connectivity index (χ4v) is 2.50. The second-order valence-corrected chi connectivity index (χ2v) is 5.42. The van der Waals surface area contributed by atoms with Gasteiger partial charge in [-0.3, -0.25) is 0 Å². The molecule has 0 aromatic heterocycles. The smallest absolute Gasteiger partial charge is 0.424 e. The highest BCUT2D eigenvalue weighted by atomic mass is 19.4. The summed E-state index contributed by atoms with van der Waals surface area (Å²) in [6, 6.07) is 1.34. The zero-order chi connectivity index (χ0) is 17.3. The third-order valence-corrected chi connectivity index (χ3v) is 3.59. The van der Waals surface area contributed by atoms with Crippen LogP contribution in [0.4, 0.5) is 26.3 Å². The average Bonchev–Trinajstić information content (AvgIpc) is 2.86. The van der Waals surface area contributed by atoms with Crippen molar-refractivity contribution in [3.63, 3.8) is 0 Å². The van der Waals surface area contributed by atoms with Gasteiger partial charge >= 0.3 is 12.3 Å². The van der Waals surface area contributed by atoms with Crippen LogP contribution in [-0.2, 0) is 10.9 Å². The Kier molecular flexibility index (Phi) is 5.13. The molecule has 0 aliphatic carbocycles. The van der Waals surface area contributed by atoms with Crippen LogP contribution in [0.25, 0.3) is 0 Å². The van der Waals surface area contributed by atoms with Gasteiger partial charge in [-0.25, -0.2) is 4.39 Å². The third kappa shape index (κ3) is 4.31. The van der Waals surface area contributed by atoms with Crippen LogP contribution in [0.3, 0.4) is 0 Å². The molecule has 1 aliphatic rings. The molecule has 1 aromatic carbocycles. The highest BCUT2D eigenvalue weighted by Gasteiger charge is 2.47. The summed E-state index contributed by atoms with van der Waals surface area (Å²) in [4.78, 5) is 0. The number of hydrogen-bond donors (Lipinski definition) is 0. The molecule has 1 saturated heterocycles. The maximum absolute atomic E-state index is 14.0. The lowest BCUT2D eigenvalue weighted by molar-refractivity contribution is -0.247. The monoisotopic (exact) mass is 342 g/mol. The van der Waals surface area contributed by atoms with Crippen LogP contribution in [-0.4, -0.2) is 18.3 Å². The van der Waals surface area contributed by atoms with E-state index in [2.05, 4.69) is 4.74 Å². The van der Waals surface area contributed by atoms with Gasteiger partial charge in [0.1, 0.15) is 11.6 Å². The van der Waals surface area contributed by atoms with E-state index in [1.807, 2.05) is 6.92 Å². The molecule has 1 aromatic rings. The van der Waals surface area contributed by atoms with Gasteiger partial charge in [0.05, 0.1) is 11.7 Å². The van der Waals surface area contributed by atoms with Crippen LogP contribution in [0.2, 0.25) is 0 Å². The first-order valence-corrected chi connectivity index (χ1v) is 7.22. The minimum atomic E-state index is -4.90. The van der Waals surface area contributed by atoms with Gasteiger partial charge in [-0.05, 0) is 31.4 Å². The quantitative estimate of drug-likeness (QED) is 0.688. The van der Waals surface area contributed by atoms with Crippen molar-refractivity contribution in [3.05, 3.63) is 29.6 Å². The summed E-state index contributed by atoms with van der Waals surface area (Å²) in [5, 5.41) is 0. The minimum Gasteiger partial charge on any atom is -0.431 e. The van der Waals surface area contributed by atoms with Gasteiger partial charge in [0.15, 0.2) is 6.10 Å². The summed E-state index contributed by atoms with van der Waals surface area (Å²) < 4.78 is 88.3. The van der Waals surface area contributed by atoms with Gasteiger partial charge in [0.25, 0.3) is 0 Å². The van der Waals surface area contributed by atoms with E-state index in [-0.39, 0.29) is 12.5 Å². The van der Waals surface area contributed by atoms with Gasteiger partial charge in [-0.2, -0.15) is 22.0 Å². The van der Waals surface area contributed by atoms with E-state index in [0.717, 1.165) is 6.42 Å². The summed E-state index contributed by atoms with van der Waals surface area (Å²) in [6.07, 6.45) is -8.47. The van der Waals surface area contributed by atoms with Crippen LogP contribution in [0.5, 0.6) is 5.75 Å². The van der Waals surface area contributed by atoms with Crippen LogP contribution >= 0.6 is 0 Å². The van der Waals surface area contributed by atoms with Crippen LogP contribution in [0.15, 0.2) is 18.2 Å². The van der Waals surface area contributed by atoms with Gasteiger partial charge < -0.3 is 9.47 Å². The summed E-state index contributed by atoms with van der Waals surface area (Å²) in [5.41, 5.74) is -1.53. The topological polar surface area (TPSA) is 18.5 Å². The third-order valence-electron chi connectivity index (χ3n) is 3.59. The molecule has 1 fully saturated rings. The molecule has 1 heterocycles. The first-order valence-electron chi connectivity index (χ1n) is 7.22. The van der Waals surface area contributed by atoms with E-state index in [1.54, 1.807) is 0 Å². The van der Waals surface area contributed by atoms with Gasteiger partial charge in [0.2, 0.25) is 0 Å². The SMILES string of the molecule is CCCC1CCC(C(F)(F)Oc2ccc(C(F)(F)F)c(F)c2)O1. The van der Waals surface area contributed by atoms with Crippen molar-refractivity contribution < 1.29 is 35.8 Å². The Bertz CT molecular complexity index is 543. The largest absolute Gasteiger partial charge is 0.431 e. The van der Waals surface area contributed by atoms with Crippen LogP contribution in [0, 0.1) is 5.82 Å². The predicted octanol–water partition coefficient (Wildman–Crippen LogP) is 5.16. The lowest BCUT2D eigenvalue weighted by atomic mass is 10.1. The Morgan fingerprint density at radius 1 is 1.17 bits per heavy atom. The molecule has 1 aliphatic heterocycles. The fraction of sp³-hybridized carbons (Fsp3) is 0.600. The lowest BCUT2D eigenvalue weighted by Crippen LogP contribution is -2.39. The Morgan fingerprint density at radius 2 is 1.87 bits per heavy atom. The van der Waals surface area contributed by atoms with Crippen LogP contribution in [0.1, 0.15) is 38.2 Å². The number of benzene rings is 1. The zero-order valence-corrected chi connectivity index (χ0v) is 12.3. The molecule has 0 spiro atoms. The molecule has 2 nitrogen and oxygen atoms in total. The molecule has 8 heteroatoms.